The van der Waals surface area contributed by atoms with E-state index in [4.69, 9.17) is 21.1 Å². The molecule has 26 heavy (non-hydrogen) atoms. The van der Waals surface area contributed by atoms with Crippen LogP contribution in [0.25, 0.3) is 0 Å². The van der Waals surface area contributed by atoms with Gasteiger partial charge < -0.3 is 20.1 Å². The Balaban J connectivity index is 2.09. The Labute approximate surface area is 157 Å². The topological polar surface area (TPSA) is 76.7 Å². The van der Waals surface area contributed by atoms with Crippen LogP contribution in [-0.4, -0.2) is 25.0 Å². The van der Waals surface area contributed by atoms with Gasteiger partial charge in [0, 0.05) is 17.6 Å². The molecule has 0 aliphatic heterocycles. The van der Waals surface area contributed by atoms with Crippen molar-refractivity contribution in [2.75, 3.05) is 17.7 Å². The molecular formula is C19H21ClN2O4. The lowest BCUT2D eigenvalue weighted by atomic mass is 10.2. The zero-order valence-corrected chi connectivity index (χ0v) is 15.8. The number of anilines is 2. The fourth-order valence-corrected chi connectivity index (χ4v) is 2.53. The molecule has 0 fully saturated rings. The number of ether oxygens (including phenoxy) is 2. The van der Waals surface area contributed by atoms with Gasteiger partial charge in [0.25, 0.3) is 5.91 Å². The average Bonchev–Trinajstić information content (AvgIpc) is 2.57. The number of benzene rings is 2. The molecule has 2 aromatic rings. The second-order valence-electron chi connectivity index (χ2n) is 5.76. The smallest absolute Gasteiger partial charge is 0.265 e. The van der Waals surface area contributed by atoms with Crippen molar-refractivity contribution in [2.24, 2.45) is 0 Å². The highest BCUT2D eigenvalue weighted by molar-refractivity contribution is 6.30. The van der Waals surface area contributed by atoms with Crippen molar-refractivity contribution in [1.29, 1.82) is 0 Å². The third-order valence-electron chi connectivity index (χ3n) is 3.59. The number of amides is 2. The highest BCUT2D eigenvalue weighted by atomic mass is 35.5. The molecular weight excluding hydrogens is 356 g/mol. The standard InChI is InChI=1S/C19H21ClN2O4/c1-11-9-14(20)5-7-17(11)26-12(2)19(24)22-15-6-8-18(25-4)16(10-15)21-13(3)23/h5-10,12H,1-4H3,(H,21,23)(H,22,24). The number of halogens is 1. The molecule has 7 heteroatoms. The minimum absolute atomic E-state index is 0.235. The summed E-state index contributed by atoms with van der Waals surface area (Å²) in [5.41, 5.74) is 1.83. The molecule has 1 atom stereocenters. The summed E-state index contributed by atoms with van der Waals surface area (Å²) in [6.07, 6.45) is -0.721. The van der Waals surface area contributed by atoms with Crippen LogP contribution in [0.4, 0.5) is 11.4 Å². The fourth-order valence-electron chi connectivity index (χ4n) is 2.31. The van der Waals surface area contributed by atoms with Crippen molar-refractivity contribution in [2.45, 2.75) is 26.9 Å². The van der Waals surface area contributed by atoms with Gasteiger partial charge in [0.1, 0.15) is 11.5 Å². The maximum Gasteiger partial charge on any atom is 0.265 e. The second-order valence-corrected chi connectivity index (χ2v) is 6.19. The summed E-state index contributed by atoms with van der Waals surface area (Å²) in [7, 11) is 1.50. The normalized spacial score (nSPS) is 11.4. The van der Waals surface area contributed by atoms with Crippen molar-refractivity contribution in [1.82, 2.24) is 0 Å². The monoisotopic (exact) mass is 376 g/mol. The van der Waals surface area contributed by atoms with Gasteiger partial charge in [-0.3, -0.25) is 9.59 Å². The number of hydrogen-bond acceptors (Lipinski definition) is 4. The number of aryl methyl sites for hydroxylation is 1. The Morgan fingerprint density at radius 1 is 1.08 bits per heavy atom. The fraction of sp³-hybridized carbons (Fsp3) is 0.263. The van der Waals surface area contributed by atoms with E-state index >= 15 is 0 Å². The Kier molecular flexibility index (Phi) is 6.46. The summed E-state index contributed by atoms with van der Waals surface area (Å²) in [5.74, 6) is 0.532. The van der Waals surface area contributed by atoms with Gasteiger partial charge in [0.15, 0.2) is 6.10 Å². The van der Waals surface area contributed by atoms with Crippen LogP contribution < -0.4 is 20.1 Å². The number of methoxy groups -OCH3 is 1. The summed E-state index contributed by atoms with van der Waals surface area (Å²) in [4.78, 5) is 23.7. The van der Waals surface area contributed by atoms with Crippen molar-refractivity contribution in [3.8, 4) is 11.5 Å². The number of carbonyl (C=O) groups excluding carboxylic acids is 2. The lowest BCUT2D eigenvalue weighted by Gasteiger charge is -2.17. The van der Waals surface area contributed by atoms with E-state index in [9.17, 15) is 9.59 Å². The van der Waals surface area contributed by atoms with Crippen molar-refractivity contribution < 1.29 is 19.1 Å². The minimum Gasteiger partial charge on any atom is -0.495 e. The molecule has 0 heterocycles. The molecule has 0 aliphatic rings. The Hall–Kier alpha value is -2.73. The minimum atomic E-state index is -0.721. The summed E-state index contributed by atoms with van der Waals surface area (Å²) in [5, 5.41) is 6.03. The molecule has 6 nitrogen and oxygen atoms in total. The van der Waals surface area contributed by atoms with Crippen LogP contribution in [0.15, 0.2) is 36.4 Å². The zero-order chi connectivity index (χ0) is 19.3. The Morgan fingerprint density at radius 3 is 2.38 bits per heavy atom. The van der Waals surface area contributed by atoms with Gasteiger partial charge in [0.2, 0.25) is 5.91 Å². The molecule has 0 aliphatic carbocycles. The van der Waals surface area contributed by atoms with Gasteiger partial charge in [-0.15, -0.1) is 0 Å². The molecule has 0 saturated carbocycles. The first-order valence-corrected chi connectivity index (χ1v) is 8.37. The van der Waals surface area contributed by atoms with Crippen molar-refractivity contribution >= 4 is 34.8 Å². The molecule has 0 spiro atoms. The van der Waals surface area contributed by atoms with Crippen LogP contribution in [-0.2, 0) is 9.59 Å². The molecule has 2 amide bonds. The van der Waals surface area contributed by atoms with E-state index in [1.807, 2.05) is 6.92 Å². The molecule has 0 radical (unpaired) electrons. The average molecular weight is 377 g/mol. The summed E-state index contributed by atoms with van der Waals surface area (Å²) in [6.45, 7) is 4.91. The van der Waals surface area contributed by atoms with Crippen LogP contribution in [0.5, 0.6) is 11.5 Å². The third-order valence-corrected chi connectivity index (χ3v) is 3.82. The molecule has 0 aromatic heterocycles. The predicted molar refractivity (Wildman–Crippen MR) is 102 cm³/mol. The molecule has 0 bridgehead atoms. The van der Waals surface area contributed by atoms with Crippen LogP contribution in [0.2, 0.25) is 5.02 Å². The quantitative estimate of drug-likeness (QED) is 0.798. The van der Waals surface area contributed by atoms with Crippen LogP contribution in [0.1, 0.15) is 19.4 Å². The number of nitrogens with one attached hydrogen (secondary N) is 2. The summed E-state index contributed by atoms with van der Waals surface area (Å²) in [6, 6.07) is 10.2. The van der Waals surface area contributed by atoms with Crippen LogP contribution >= 0.6 is 11.6 Å². The molecule has 1 unspecified atom stereocenters. The lowest BCUT2D eigenvalue weighted by molar-refractivity contribution is -0.122. The highest BCUT2D eigenvalue weighted by Gasteiger charge is 2.17. The van der Waals surface area contributed by atoms with Crippen LogP contribution in [0.3, 0.4) is 0 Å². The molecule has 2 rings (SSSR count). The van der Waals surface area contributed by atoms with E-state index in [-0.39, 0.29) is 11.8 Å². The number of carbonyl (C=O) groups is 2. The van der Waals surface area contributed by atoms with E-state index in [0.717, 1.165) is 5.56 Å². The third kappa shape index (κ3) is 5.13. The van der Waals surface area contributed by atoms with E-state index in [1.54, 1.807) is 43.3 Å². The van der Waals surface area contributed by atoms with Crippen LogP contribution in [0, 0.1) is 6.92 Å². The predicted octanol–water partition coefficient (Wildman–Crippen LogP) is 4.02. The van der Waals surface area contributed by atoms with E-state index < -0.39 is 6.10 Å². The second kappa shape index (κ2) is 8.58. The van der Waals surface area contributed by atoms with Gasteiger partial charge in [0.05, 0.1) is 12.8 Å². The molecule has 2 N–H and O–H groups in total. The first-order valence-electron chi connectivity index (χ1n) is 7.99. The van der Waals surface area contributed by atoms with E-state index in [2.05, 4.69) is 10.6 Å². The maximum absolute atomic E-state index is 12.4. The number of hydrogen-bond donors (Lipinski definition) is 2. The van der Waals surface area contributed by atoms with Gasteiger partial charge >= 0.3 is 0 Å². The van der Waals surface area contributed by atoms with Gasteiger partial charge in [-0.05, 0) is 55.8 Å². The van der Waals surface area contributed by atoms with Gasteiger partial charge in [-0.1, -0.05) is 11.6 Å². The lowest BCUT2D eigenvalue weighted by Crippen LogP contribution is -2.30. The molecule has 138 valence electrons. The zero-order valence-electron chi connectivity index (χ0n) is 15.1. The van der Waals surface area contributed by atoms with Gasteiger partial charge in [-0.2, -0.15) is 0 Å². The SMILES string of the molecule is COc1ccc(NC(=O)C(C)Oc2ccc(Cl)cc2C)cc1NC(C)=O. The summed E-state index contributed by atoms with van der Waals surface area (Å²) >= 11 is 5.92. The summed E-state index contributed by atoms with van der Waals surface area (Å²) < 4.78 is 10.9. The van der Waals surface area contributed by atoms with Gasteiger partial charge in [-0.25, -0.2) is 0 Å². The number of rotatable bonds is 6. The Bertz CT molecular complexity index is 823. The van der Waals surface area contributed by atoms with E-state index in [0.29, 0.717) is 27.9 Å². The van der Waals surface area contributed by atoms with Crippen molar-refractivity contribution in [3.05, 3.63) is 47.0 Å². The Morgan fingerprint density at radius 2 is 1.77 bits per heavy atom. The highest BCUT2D eigenvalue weighted by Crippen LogP contribution is 2.28. The largest absolute Gasteiger partial charge is 0.495 e. The molecule has 0 saturated heterocycles. The first-order chi connectivity index (χ1) is 12.3. The first kappa shape index (κ1) is 19.6. The van der Waals surface area contributed by atoms with E-state index in [1.165, 1.54) is 14.0 Å². The maximum atomic E-state index is 12.4. The molecule has 2 aromatic carbocycles. The van der Waals surface area contributed by atoms with Crippen molar-refractivity contribution in [3.63, 3.8) is 0 Å².